The smallest absolute Gasteiger partial charge is 0.305 e. The summed E-state index contributed by atoms with van der Waals surface area (Å²) in [7, 11) is 4.89. The van der Waals surface area contributed by atoms with E-state index in [-0.39, 0.29) is 23.1 Å². The van der Waals surface area contributed by atoms with E-state index in [1.165, 1.54) is 19.2 Å². The van der Waals surface area contributed by atoms with Crippen LogP contribution in [0.2, 0.25) is 0 Å². The second-order valence-corrected chi connectivity index (χ2v) is 5.50. The van der Waals surface area contributed by atoms with Crippen LogP contribution < -0.4 is 10.2 Å². The predicted molar refractivity (Wildman–Crippen MR) is 90.2 cm³/mol. The van der Waals surface area contributed by atoms with Crippen LogP contribution in [0.4, 0.5) is 11.4 Å². The van der Waals surface area contributed by atoms with E-state index >= 15 is 0 Å². The highest BCUT2D eigenvalue weighted by Crippen LogP contribution is 2.24. The fourth-order valence-corrected chi connectivity index (χ4v) is 2.18. The van der Waals surface area contributed by atoms with E-state index in [0.29, 0.717) is 25.1 Å². The number of carbonyl (C=O) groups excluding carboxylic acids is 2. The quantitative estimate of drug-likeness (QED) is 0.320. The molecule has 0 aliphatic heterocycles. The number of nitrogens with one attached hydrogen (secondary N) is 1. The molecule has 0 bridgehead atoms. The second-order valence-electron chi connectivity index (χ2n) is 5.50. The van der Waals surface area contributed by atoms with Crippen molar-refractivity contribution < 1.29 is 19.2 Å². The second kappa shape index (κ2) is 9.49. The molecule has 8 heteroatoms. The molecule has 1 amide bonds. The summed E-state index contributed by atoms with van der Waals surface area (Å²) in [6, 6.07) is 4.21. The molecule has 0 fully saturated rings. The molecule has 1 rings (SSSR count). The number of rotatable bonds is 9. The lowest BCUT2D eigenvalue weighted by molar-refractivity contribution is -0.384. The number of nitrogens with zero attached hydrogens (tertiary/aromatic N) is 2. The van der Waals surface area contributed by atoms with Gasteiger partial charge in [0.2, 0.25) is 0 Å². The molecule has 0 heterocycles. The average Bonchev–Trinajstić information content (AvgIpc) is 2.56. The van der Waals surface area contributed by atoms with E-state index < -0.39 is 4.92 Å². The first-order valence-corrected chi connectivity index (χ1v) is 7.67. The summed E-state index contributed by atoms with van der Waals surface area (Å²) in [6.07, 6.45) is 2.56. The van der Waals surface area contributed by atoms with Crippen LogP contribution in [0.15, 0.2) is 18.2 Å². The number of non-ortho nitro benzene ring substituents is 1. The highest BCUT2D eigenvalue weighted by atomic mass is 16.6. The summed E-state index contributed by atoms with van der Waals surface area (Å²) in [5, 5.41) is 13.6. The van der Waals surface area contributed by atoms with Gasteiger partial charge < -0.3 is 15.0 Å². The maximum atomic E-state index is 12.3. The van der Waals surface area contributed by atoms with Crippen LogP contribution in [0.3, 0.4) is 0 Å². The monoisotopic (exact) mass is 337 g/mol. The largest absolute Gasteiger partial charge is 0.469 e. The van der Waals surface area contributed by atoms with Gasteiger partial charge in [-0.3, -0.25) is 19.7 Å². The molecule has 0 saturated heterocycles. The number of amides is 1. The van der Waals surface area contributed by atoms with Crippen molar-refractivity contribution in [3.8, 4) is 0 Å². The van der Waals surface area contributed by atoms with Crippen LogP contribution in [0.5, 0.6) is 0 Å². The van der Waals surface area contributed by atoms with Gasteiger partial charge in [0.15, 0.2) is 0 Å². The van der Waals surface area contributed by atoms with Crippen LogP contribution in [-0.4, -0.2) is 44.5 Å². The highest BCUT2D eigenvalue weighted by molar-refractivity contribution is 6.00. The summed E-state index contributed by atoms with van der Waals surface area (Å²) in [5.74, 6) is -0.596. The first-order valence-electron chi connectivity index (χ1n) is 7.67. The molecular formula is C16H23N3O5. The van der Waals surface area contributed by atoms with Gasteiger partial charge in [-0.1, -0.05) is 6.42 Å². The maximum Gasteiger partial charge on any atom is 0.305 e. The topological polar surface area (TPSA) is 102 Å². The number of hydrogen-bond acceptors (Lipinski definition) is 6. The van der Waals surface area contributed by atoms with Gasteiger partial charge in [0, 0.05) is 44.9 Å². The summed E-state index contributed by atoms with van der Waals surface area (Å²) in [5.41, 5.74) is 0.761. The predicted octanol–water partition coefficient (Wildman–Crippen LogP) is 2.12. The van der Waals surface area contributed by atoms with Crippen molar-refractivity contribution in [2.75, 3.05) is 32.6 Å². The maximum absolute atomic E-state index is 12.3. The normalized spacial score (nSPS) is 10.1. The first kappa shape index (κ1) is 19.4. The third kappa shape index (κ3) is 5.86. The van der Waals surface area contributed by atoms with Gasteiger partial charge >= 0.3 is 5.97 Å². The van der Waals surface area contributed by atoms with E-state index in [0.717, 1.165) is 12.8 Å². The molecule has 0 spiro atoms. The zero-order valence-electron chi connectivity index (χ0n) is 14.2. The third-order valence-electron chi connectivity index (χ3n) is 3.49. The number of hydrogen-bond donors (Lipinski definition) is 1. The van der Waals surface area contributed by atoms with Crippen LogP contribution in [-0.2, 0) is 9.53 Å². The van der Waals surface area contributed by atoms with Crippen molar-refractivity contribution in [3.63, 3.8) is 0 Å². The van der Waals surface area contributed by atoms with Gasteiger partial charge in [0.05, 0.1) is 17.6 Å². The molecule has 1 aromatic rings. The van der Waals surface area contributed by atoms with Crippen molar-refractivity contribution in [2.45, 2.75) is 25.7 Å². The zero-order valence-corrected chi connectivity index (χ0v) is 14.2. The van der Waals surface area contributed by atoms with Crippen LogP contribution in [0.25, 0.3) is 0 Å². The number of nitro groups is 1. The lowest BCUT2D eigenvalue weighted by Crippen LogP contribution is -2.26. The lowest BCUT2D eigenvalue weighted by atomic mass is 10.1. The molecule has 1 N–H and O–H groups in total. The molecule has 0 aromatic heterocycles. The standard InChI is InChI=1S/C16H23N3O5/c1-18(2)14-9-8-12(19(22)23)11-13(14)16(21)17-10-6-4-5-7-15(20)24-3/h8-9,11H,4-7,10H2,1-3H3,(H,17,21). The van der Waals surface area contributed by atoms with E-state index in [1.807, 2.05) is 0 Å². The van der Waals surface area contributed by atoms with Gasteiger partial charge in [-0.2, -0.15) is 0 Å². The minimum atomic E-state index is -0.525. The van der Waals surface area contributed by atoms with E-state index in [9.17, 15) is 19.7 Å². The van der Waals surface area contributed by atoms with E-state index in [4.69, 9.17) is 0 Å². The van der Waals surface area contributed by atoms with Gasteiger partial charge in [0.1, 0.15) is 0 Å². The Kier molecular flexibility index (Phi) is 7.67. The Balaban J connectivity index is 2.58. The van der Waals surface area contributed by atoms with Gasteiger partial charge in [-0.05, 0) is 18.9 Å². The van der Waals surface area contributed by atoms with Crippen molar-refractivity contribution in [2.24, 2.45) is 0 Å². The van der Waals surface area contributed by atoms with Gasteiger partial charge in [-0.15, -0.1) is 0 Å². The van der Waals surface area contributed by atoms with Crippen molar-refractivity contribution in [3.05, 3.63) is 33.9 Å². The Morgan fingerprint density at radius 1 is 1.25 bits per heavy atom. The molecule has 0 unspecified atom stereocenters. The molecule has 8 nitrogen and oxygen atoms in total. The van der Waals surface area contributed by atoms with Crippen molar-refractivity contribution in [1.82, 2.24) is 5.32 Å². The Morgan fingerprint density at radius 2 is 1.96 bits per heavy atom. The Morgan fingerprint density at radius 3 is 2.54 bits per heavy atom. The summed E-state index contributed by atoms with van der Waals surface area (Å²) >= 11 is 0. The minimum Gasteiger partial charge on any atom is -0.469 e. The van der Waals surface area contributed by atoms with Crippen molar-refractivity contribution >= 4 is 23.3 Å². The molecule has 1 aromatic carbocycles. The zero-order chi connectivity index (χ0) is 18.1. The molecule has 0 atom stereocenters. The number of unbranched alkanes of at least 4 members (excludes halogenated alkanes) is 2. The number of methoxy groups -OCH3 is 1. The molecular weight excluding hydrogens is 314 g/mol. The third-order valence-corrected chi connectivity index (χ3v) is 3.49. The Bertz CT molecular complexity index is 601. The average molecular weight is 337 g/mol. The lowest BCUT2D eigenvalue weighted by Gasteiger charge is -2.17. The van der Waals surface area contributed by atoms with Crippen LogP contribution in [0, 0.1) is 10.1 Å². The highest BCUT2D eigenvalue weighted by Gasteiger charge is 2.17. The minimum absolute atomic E-state index is 0.121. The van der Waals surface area contributed by atoms with Crippen LogP contribution in [0.1, 0.15) is 36.0 Å². The molecule has 0 aliphatic carbocycles. The Hall–Kier alpha value is -2.64. The molecule has 0 aliphatic rings. The summed E-state index contributed by atoms with van der Waals surface area (Å²) in [4.78, 5) is 35.4. The number of carbonyl (C=O) groups is 2. The van der Waals surface area contributed by atoms with E-state index in [2.05, 4.69) is 10.1 Å². The SMILES string of the molecule is COC(=O)CCCCCNC(=O)c1cc([N+](=O)[O-])ccc1N(C)C. The summed E-state index contributed by atoms with van der Waals surface area (Å²) in [6.45, 7) is 0.440. The van der Waals surface area contributed by atoms with Crippen LogP contribution >= 0.6 is 0 Å². The number of anilines is 1. The van der Waals surface area contributed by atoms with Gasteiger partial charge in [-0.25, -0.2) is 0 Å². The Labute approximate surface area is 140 Å². The molecule has 0 radical (unpaired) electrons. The van der Waals surface area contributed by atoms with Crippen molar-refractivity contribution in [1.29, 1.82) is 0 Å². The van der Waals surface area contributed by atoms with E-state index in [1.54, 1.807) is 25.1 Å². The number of nitro benzene ring substituents is 1. The number of benzene rings is 1. The number of ether oxygens (including phenoxy) is 1. The molecule has 24 heavy (non-hydrogen) atoms. The number of esters is 1. The molecule has 132 valence electrons. The fourth-order valence-electron chi connectivity index (χ4n) is 2.18. The van der Waals surface area contributed by atoms with Gasteiger partial charge in [0.25, 0.3) is 11.6 Å². The fraction of sp³-hybridized carbons (Fsp3) is 0.500. The molecule has 0 saturated carbocycles. The first-order chi connectivity index (χ1) is 11.4. The summed E-state index contributed by atoms with van der Waals surface area (Å²) < 4.78 is 4.55.